The number of hydrogen-bond acceptors (Lipinski definition) is 4. The summed E-state index contributed by atoms with van der Waals surface area (Å²) in [6.07, 6.45) is 9.47. The van der Waals surface area contributed by atoms with E-state index in [0.29, 0.717) is 30.2 Å². The molecule has 4 nitrogen and oxygen atoms in total. The summed E-state index contributed by atoms with van der Waals surface area (Å²) in [4.78, 5) is 5.64. The second-order valence-corrected chi connectivity index (χ2v) is 10.1. The molecule has 5 heteroatoms. The minimum atomic E-state index is -0.235. The van der Waals surface area contributed by atoms with Crippen LogP contribution in [0.1, 0.15) is 65.2 Å². The third kappa shape index (κ3) is 3.16. The highest BCUT2D eigenvalue weighted by Crippen LogP contribution is 2.64. The first-order valence-electron chi connectivity index (χ1n) is 10.7. The topological polar surface area (TPSA) is 62.0 Å². The highest BCUT2D eigenvalue weighted by Gasteiger charge is 2.60. The third-order valence-electron chi connectivity index (χ3n) is 8.43. The van der Waals surface area contributed by atoms with Crippen LogP contribution in [0.5, 0.6) is 0 Å². The minimum Gasteiger partial charge on any atom is -0.396 e. The van der Waals surface area contributed by atoms with Crippen LogP contribution in [0.4, 0.5) is 0 Å². The Labute approximate surface area is 168 Å². The normalized spacial score (nSPS) is 47.8. The Morgan fingerprint density at radius 2 is 1.96 bits per heavy atom. The molecule has 0 amide bonds. The van der Waals surface area contributed by atoms with Gasteiger partial charge in [-0.15, -0.1) is 11.6 Å². The van der Waals surface area contributed by atoms with Gasteiger partial charge in [0.25, 0.3) is 0 Å². The maximum absolute atomic E-state index is 10.7. The molecule has 0 spiro atoms. The maximum Gasteiger partial charge on any atom is 0.118 e. The maximum atomic E-state index is 10.7. The Bertz CT molecular complexity index is 635. The van der Waals surface area contributed by atoms with Crippen LogP contribution in [0, 0.1) is 28.6 Å². The van der Waals surface area contributed by atoms with Gasteiger partial charge >= 0.3 is 0 Å². The minimum absolute atomic E-state index is 0.00599. The zero-order chi connectivity index (χ0) is 19.2. The number of rotatable bonds is 4. The summed E-state index contributed by atoms with van der Waals surface area (Å²) in [6.45, 7) is 5.23. The summed E-state index contributed by atoms with van der Waals surface area (Å²) in [5.41, 5.74) is 2.53. The average Bonchev–Trinajstić information content (AvgIpc) is 2.95. The molecular weight excluding hydrogens is 362 g/mol. The van der Waals surface area contributed by atoms with E-state index < -0.39 is 0 Å². The molecule has 4 rings (SSSR count). The van der Waals surface area contributed by atoms with E-state index in [1.807, 2.05) is 0 Å². The molecule has 3 fully saturated rings. The van der Waals surface area contributed by atoms with Gasteiger partial charge in [0.05, 0.1) is 17.9 Å². The first-order chi connectivity index (χ1) is 12.9. The van der Waals surface area contributed by atoms with E-state index in [1.165, 1.54) is 5.57 Å². The summed E-state index contributed by atoms with van der Waals surface area (Å²) in [7, 11) is 0. The standard InChI is InChI=1S/C22H34ClNO3/c1-21-8-6-15(25)12-14(21)13-18(24-27-11-3-10-23)20-16-4-5-19(26)22(16,2)9-7-17(20)21/h13,15-17,19-20,25-26H,3-12H2,1-2H3/b24-18+/t15-,16-,17-,19-,20-,21-,22-/m0/s1. The number of fused-ring (bicyclic) bond motifs is 5. The van der Waals surface area contributed by atoms with Crippen LogP contribution in [0.3, 0.4) is 0 Å². The van der Waals surface area contributed by atoms with Crippen LogP contribution in [0.15, 0.2) is 16.8 Å². The largest absolute Gasteiger partial charge is 0.396 e. The molecule has 152 valence electrons. The smallest absolute Gasteiger partial charge is 0.118 e. The van der Waals surface area contributed by atoms with E-state index in [4.69, 9.17) is 16.4 Å². The summed E-state index contributed by atoms with van der Waals surface area (Å²) in [6, 6.07) is 0. The number of aliphatic hydroxyl groups excluding tert-OH is 2. The summed E-state index contributed by atoms with van der Waals surface area (Å²) in [5.74, 6) is 1.92. The van der Waals surface area contributed by atoms with Gasteiger partial charge in [-0.1, -0.05) is 24.6 Å². The highest BCUT2D eigenvalue weighted by atomic mass is 35.5. The van der Waals surface area contributed by atoms with Crippen molar-refractivity contribution in [1.82, 2.24) is 0 Å². The number of alkyl halides is 1. The van der Waals surface area contributed by atoms with Crippen molar-refractivity contribution in [3.05, 3.63) is 11.6 Å². The molecule has 27 heavy (non-hydrogen) atoms. The van der Waals surface area contributed by atoms with Crippen molar-refractivity contribution >= 4 is 17.3 Å². The van der Waals surface area contributed by atoms with Crippen LogP contribution >= 0.6 is 11.6 Å². The molecule has 4 aliphatic carbocycles. The molecule has 7 atom stereocenters. The zero-order valence-corrected chi connectivity index (χ0v) is 17.4. The lowest BCUT2D eigenvalue weighted by Gasteiger charge is -2.57. The lowest BCUT2D eigenvalue weighted by Crippen LogP contribution is -2.54. The third-order valence-corrected chi connectivity index (χ3v) is 8.69. The highest BCUT2D eigenvalue weighted by molar-refractivity contribution is 6.17. The van der Waals surface area contributed by atoms with Crippen molar-refractivity contribution in [2.45, 2.75) is 77.4 Å². The molecule has 0 aromatic heterocycles. The van der Waals surface area contributed by atoms with Crippen LogP contribution in [0.2, 0.25) is 0 Å². The Hall–Kier alpha value is -0.580. The molecule has 0 heterocycles. The first kappa shape index (κ1) is 19.7. The molecule has 0 saturated heterocycles. The average molecular weight is 396 g/mol. The van der Waals surface area contributed by atoms with E-state index in [1.54, 1.807) is 0 Å². The lowest BCUT2D eigenvalue weighted by molar-refractivity contribution is -0.0495. The fraction of sp³-hybridized carbons (Fsp3) is 0.864. The van der Waals surface area contributed by atoms with Crippen LogP contribution in [0.25, 0.3) is 0 Å². The predicted octanol–water partition coefficient (Wildman–Crippen LogP) is 4.28. The monoisotopic (exact) mass is 395 g/mol. The quantitative estimate of drug-likeness (QED) is 0.424. The van der Waals surface area contributed by atoms with Gasteiger partial charge in [-0.3, -0.25) is 0 Å². The molecule has 0 unspecified atom stereocenters. The molecule has 0 bridgehead atoms. The summed E-state index contributed by atoms with van der Waals surface area (Å²) in [5, 5.41) is 25.5. The van der Waals surface area contributed by atoms with Gasteiger partial charge in [0.1, 0.15) is 6.61 Å². The SMILES string of the molecule is C[C@]12CC[C@H]3[C@@H](/C(=N/OCCCCl)C=C4C[C@@H](O)CC[C@@]43C)[C@@H]1CC[C@@H]2O. The van der Waals surface area contributed by atoms with Crippen LogP contribution < -0.4 is 0 Å². The summed E-state index contributed by atoms with van der Waals surface area (Å²) >= 11 is 5.77. The van der Waals surface area contributed by atoms with Gasteiger partial charge in [0.2, 0.25) is 0 Å². The zero-order valence-electron chi connectivity index (χ0n) is 16.7. The van der Waals surface area contributed by atoms with Crippen molar-refractivity contribution in [2.24, 2.45) is 33.7 Å². The van der Waals surface area contributed by atoms with Crippen LogP contribution in [-0.4, -0.2) is 40.6 Å². The Balaban J connectivity index is 1.71. The molecule has 4 aliphatic rings. The number of allylic oxidation sites excluding steroid dienone is 1. The van der Waals surface area contributed by atoms with Gasteiger partial charge in [-0.2, -0.15) is 0 Å². The van der Waals surface area contributed by atoms with Gasteiger partial charge < -0.3 is 15.1 Å². The summed E-state index contributed by atoms with van der Waals surface area (Å²) < 4.78 is 0. The predicted molar refractivity (Wildman–Crippen MR) is 108 cm³/mol. The van der Waals surface area contributed by atoms with E-state index in [2.05, 4.69) is 25.1 Å². The molecule has 0 aliphatic heterocycles. The van der Waals surface area contributed by atoms with Gasteiger partial charge in [0, 0.05) is 11.8 Å². The fourth-order valence-electron chi connectivity index (χ4n) is 6.70. The second kappa shape index (κ2) is 7.35. The van der Waals surface area contributed by atoms with Crippen molar-refractivity contribution in [3.8, 4) is 0 Å². The molecule has 3 saturated carbocycles. The van der Waals surface area contributed by atoms with Gasteiger partial charge in [-0.25, -0.2) is 0 Å². The second-order valence-electron chi connectivity index (χ2n) is 9.75. The van der Waals surface area contributed by atoms with Gasteiger partial charge in [0.15, 0.2) is 0 Å². The molecule has 0 aromatic carbocycles. The fourth-order valence-corrected chi connectivity index (χ4v) is 6.81. The molecular formula is C22H34ClNO3. The number of nitrogens with zero attached hydrogens (tertiary/aromatic N) is 1. The Morgan fingerprint density at radius 1 is 1.15 bits per heavy atom. The first-order valence-corrected chi connectivity index (χ1v) is 11.3. The van der Waals surface area contributed by atoms with E-state index >= 15 is 0 Å². The van der Waals surface area contributed by atoms with Crippen LogP contribution in [-0.2, 0) is 4.84 Å². The Kier molecular flexibility index (Phi) is 5.37. The number of halogens is 1. The number of hydrogen-bond donors (Lipinski definition) is 2. The van der Waals surface area contributed by atoms with E-state index in [-0.39, 0.29) is 23.0 Å². The van der Waals surface area contributed by atoms with Crippen molar-refractivity contribution in [1.29, 1.82) is 0 Å². The molecule has 2 N–H and O–H groups in total. The van der Waals surface area contributed by atoms with Gasteiger partial charge in [-0.05, 0) is 80.1 Å². The van der Waals surface area contributed by atoms with Crippen molar-refractivity contribution < 1.29 is 15.1 Å². The van der Waals surface area contributed by atoms with E-state index in [0.717, 1.165) is 57.1 Å². The Morgan fingerprint density at radius 3 is 2.74 bits per heavy atom. The van der Waals surface area contributed by atoms with Crippen molar-refractivity contribution in [3.63, 3.8) is 0 Å². The van der Waals surface area contributed by atoms with Crippen molar-refractivity contribution in [2.75, 3.05) is 12.5 Å². The molecule has 0 radical (unpaired) electrons. The lowest BCUT2D eigenvalue weighted by atomic mass is 9.47. The number of oxime groups is 1. The molecule has 0 aromatic rings. The number of aliphatic hydroxyl groups is 2. The van der Waals surface area contributed by atoms with E-state index in [9.17, 15) is 10.2 Å².